The molecule has 6 nitrogen and oxygen atoms in total. The van der Waals surface area contributed by atoms with Crippen molar-refractivity contribution in [1.82, 2.24) is 0 Å². The summed E-state index contributed by atoms with van der Waals surface area (Å²) in [4.78, 5) is 23.9. The van der Waals surface area contributed by atoms with E-state index < -0.39 is 21.7 Å². The second-order valence-corrected chi connectivity index (χ2v) is 7.88. The molecular weight excluding hydrogens is 395 g/mol. The van der Waals surface area contributed by atoms with E-state index in [0.29, 0.717) is 11.3 Å². The maximum Gasteiger partial charge on any atom is 0.261 e. The first-order valence-electron chi connectivity index (χ1n) is 8.56. The van der Waals surface area contributed by atoms with Crippen LogP contribution in [-0.2, 0) is 10.0 Å². The van der Waals surface area contributed by atoms with Crippen molar-refractivity contribution < 1.29 is 22.4 Å². The molecule has 0 atom stereocenters. The number of nitrogens with one attached hydrogen (secondary N) is 2. The molecule has 0 heterocycles. The highest BCUT2D eigenvalue weighted by molar-refractivity contribution is 7.92. The molecule has 0 unspecified atom stereocenters. The number of carbonyl (C=O) groups is 2. The average Bonchev–Trinajstić information content (AvgIpc) is 2.70. The van der Waals surface area contributed by atoms with Gasteiger partial charge in [0.1, 0.15) is 5.82 Å². The van der Waals surface area contributed by atoms with Gasteiger partial charge in [-0.3, -0.25) is 14.3 Å². The predicted molar refractivity (Wildman–Crippen MR) is 108 cm³/mol. The highest BCUT2D eigenvalue weighted by Crippen LogP contribution is 2.22. The molecule has 0 aliphatic rings. The summed E-state index contributed by atoms with van der Waals surface area (Å²) in [5.74, 6) is -1.17. The fourth-order valence-electron chi connectivity index (χ4n) is 2.57. The lowest BCUT2D eigenvalue weighted by molar-refractivity contribution is 0.101. The van der Waals surface area contributed by atoms with Crippen LogP contribution in [0.15, 0.2) is 77.7 Å². The zero-order chi connectivity index (χ0) is 21.0. The van der Waals surface area contributed by atoms with E-state index in [0.717, 1.165) is 0 Å². The van der Waals surface area contributed by atoms with Crippen molar-refractivity contribution in [2.75, 3.05) is 10.0 Å². The molecule has 0 saturated heterocycles. The second kappa shape index (κ2) is 8.24. The second-order valence-electron chi connectivity index (χ2n) is 6.19. The Bertz CT molecular complexity index is 1160. The van der Waals surface area contributed by atoms with Crippen molar-refractivity contribution in [2.24, 2.45) is 0 Å². The summed E-state index contributed by atoms with van der Waals surface area (Å²) in [6.07, 6.45) is 0. The molecule has 29 heavy (non-hydrogen) atoms. The minimum atomic E-state index is -3.98. The van der Waals surface area contributed by atoms with Crippen LogP contribution in [0.5, 0.6) is 0 Å². The third-order valence-corrected chi connectivity index (χ3v) is 5.47. The first kappa shape index (κ1) is 20.2. The third-order valence-electron chi connectivity index (χ3n) is 4.09. The molecule has 3 aromatic rings. The molecule has 0 aliphatic heterocycles. The quantitative estimate of drug-likeness (QED) is 0.597. The number of amides is 1. The topological polar surface area (TPSA) is 92.3 Å². The highest BCUT2D eigenvalue weighted by Gasteiger charge is 2.19. The molecule has 2 N–H and O–H groups in total. The van der Waals surface area contributed by atoms with E-state index in [1.165, 1.54) is 67.6 Å². The van der Waals surface area contributed by atoms with E-state index in [4.69, 9.17) is 0 Å². The van der Waals surface area contributed by atoms with E-state index in [9.17, 15) is 22.4 Å². The Hall–Kier alpha value is -3.52. The Morgan fingerprint density at radius 1 is 0.862 bits per heavy atom. The average molecular weight is 412 g/mol. The summed E-state index contributed by atoms with van der Waals surface area (Å²) in [7, 11) is -3.98. The lowest BCUT2D eigenvalue weighted by Crippen LogP contribution is -2.18. The number of carbonyl (C=O) groups excluding carboxylic acids is 2. The van der Waals surface area contributed by atoms with Crippen molar-refractivity contribution >= 4 is 33.1 Å². The van der Waals surface area contributed by atoms with E-state index in [2.05, 4.69) is 10.0 Å². The summed E-state index contributed by atoms with van der Waals surface area (Å²) in [6.45, 7) is 1.39. The molecule has 0 fully saturated rings. The molecule has 3 aromatic carbocycles. The maximum atomic E-state index is 13.0. The van der Waals surface area contributed by atoms with Gasteiger partial charge in [-0.05, 0) is 55.5 Å². The van der Waals surface area contributed by atoms with Crippen LogP contribution in [0.3, 0.4) is 0 Å². The number of Topliss-reactive ketones (excluding diaryl/α,β-unsaturated/α-hetero) is 1. The Labute approximate surface area is 167 Å². The van der Waals surface area contributed by atoms with Crippen LogP contribution in [0.1, 0.15) is 27.6 Å². The Morgan fingerprint density at radius 3 is 2.10 bits per heavy atom. The number of ketones is 1. The molecule has 0 aromatic heterocycles. The number of sulfonamides is 1. The van der Waals surface area contributed by atoms with Crippen LogP contribution < -0.4 is 10.0 Å². The van der Waals surface area contributed by atoms with Gasteiger partial charge >= 0.3 is 0 Å². The number of halogens is 1. The summed E-state index contributed by atoms with van der Waals surface area (Å²) in [6, 6.07) is 16.8. The largest absolute Gasteiger partial charge is 0.322 e. The SMILES string of the molecule is CC(=O)c1ccc(S(=O)(=O)Nc2ccccc2C(=O)Nc2ccc(F)cc2)cc1. The van der Waals surface area contributed by atoms with Gasteiger partial charge in [-0.15, -0.1) is 0 Å². The zero-order valence-corrected chi connectivity index (χ0v) is 16.2. The van der Waals surface area contributed by atoms with Crippen LogP contribution >= 0.6 is 0 Å². The first-order valence-corrected chi connectivity index (χ1v) is 10.0. The van der Waals surface area contributed by atoms with Gasteiger partial charge in [0.05, 0.1) is 16.1 Å². The molecule has 0 saturated carbocycles. The van der Waals surface area contributed by atoms with Crippen LogP contribution in [0.4, 0.5) is 15.8 Å². The summed E-state index contributed by atoms with van der Waals surface area (Å²) < 4.78 is 40.8. The van der Waals surface area contributed by atoms with Crippen molar-refractivity contribution in [3.63, 3.8) is 0 Å². The van der Waals surface area contributed by atoms with Gasteiger partial charge in [0.15, 0.2) is 5.78 Å². The number of rotatable bonds is 6. The van der Waals surface area contributed by atoms with Gasteiger partial charge in [0, 0.05) is 11.3 Å². The van der Waals surface area contributed by atoms with Gasteiger partial charge in [-0.2, -0.15) is 0 Å². The summed E-state index contributed by atoms with van der Waals surface area (Å²) in [5.41, 5.74) is 0.945. The molecule has 148 valence electrons. The lowest BCUT2D eigenvalue weighted by atomic mass is 10.1. The Kier molecular flexibility index (Phi) is 5.74. The molecular formula is C21H17FN2O4S. The zero-order valence-electron chi connectivity index (χ0n) is 15.3. The van der Waals surface area contributed by atoms with E-state index in [1.807, 2.05) is 0 Å². The minimum Gasteiger partial charge on any atom is -0.322 e. The van der Waals surface area contributed by atoms with Crippen molar-refractivity contribution in [1.29, 1.82) is 0 Å². The van der Waals surface area contributed by atoms with Gasteiger partial charge in [-0.25, -0.2) is 12.8 Å². The highest BCUT2D eigenvalue weighted by atomic mass is 32.2. The summed E-state index contributed by atoms with van der Waals surface area (Å²) in [5, 5.41) is 2.59. The fourth-order valence-corrected chi connectivity index (χ4v) is 3.65. The minimum absolute atomic E-state index is 0.0451. The molecule has 0 aliphatic carbocycles. The fraction of sp³-hybridized carbons (Fsp3) is 0.0476. The number of benzene rings is 3. The number of anilines is 2. The van der Waals surface area contributed by atoms with Crippen molar-refractivity contribution in [2.45, 2.75) is 11.8 Å². The van der Waals surface area contributed by atoms with Crippen molar-refractivity contribution in [3.8, 4) is 0 Å². The lowest BCUT2D eigenvalue weighted by Gasteiger charge is -2.13. The van der Waals surface area contributed by atoms with Crippen LogP contribution in [0.2, 0.25) is 0 Å². The van der Waals surface area contributed by atoms with Gasteiger partial charge in [-0.1, -0.05) is 24.3 Å². The smallest absolute Gasteiger partial charge is 0.261 e. The van der Waals surface area contributed by atoms with Crippen molar-refractivity contribution in [3.05, 3.63) is 89.7 Å². The number of hydrogen-bond acceptors (Lipinski definition) is 4. The third kappa shape index (κ3) is 4.85. The van der Waals surface area contributed by atoms with Gasteiger partial charge in [0.2, 0.25) is 0 Å². The van der Waals surface area contributed by atoms with Crippen LogP contribution in [-0.4, -0.2) is 20.1 Å². The monoisotopic (exact) mass is 412 g/mol. The molecule has 0 bridgehead atoms. The Balaban J connectivity index is 1.85. The first-order chi connectivity index (χ1) is 13.8. The molecule has 3 rings (SSSR count). The van der Waals surface area contributed by atoms with Gasteiger partial charge in [0.25, 0.3) is 15.9 Å². The summed E-state index contributed by atoms with van der Waals surface area (Å²) >= 11 is 0. The van der Waals surface area contributed by atoms with E-state index in [1.54, 1.807) is 12.1 Å². The van der Waals surface area contributed by atoms with E-state index >= 15 is 0 Å². The Morgan fingerprint density at radius 2 is 1.48 bits per heavy atom. The van der Waals surface area contributed by atoms with E-state index in [-0.39, 0.29) is 21.9 Å². The van der Waals surface area contributed by atoms with Crippen LogP contribution in [0.25, 0.3) is 0 Å². The van der Waals surface area contributed by atoms with Gasteiger partial charge < -0.3 is 5.32 Å². The van der Waals surface area contributed by atoms with Crippen LogP contribution in [0, 0.1) is 5.82 Å². The predicted octanol–water partition coefficient (Wildman–Crippen LogP) is 4.08. The molecule has 1 amide bonds. The normalized spacial score (nSPS) is 11.0. The number of hydrogen-bond donors (Lipinski definition) is 2. The standard InChI is InChI=1S/C21H17FN2O4S/c1-14(25)15-6-12-18(13-7-15)29(27,28)24-20-5-3-2-4-19(20)21(26)23-17-10-8-16(22)9-11-17/h2-13,24H,1H3,(H,23,26). The molecule has 8 heteroatoms. The maximum absolute atomic E-state index is 13.0. The number of para-hydroxylation sites is 1. The molecule has 0 radical (unpaired) electrons. The molecule has 0 spiro atoms.